The molecule has 0 atom stereocenters. The predicted molar refractivity (Wildman–Crippen MR) is 107 cm³/mol. The number of carbonyl (C=O) groups is 1. The third kappa shape index (κ3) is 3.70. The fourth-order valence-electron chi connectivity index (χ4n) is 2.57. The minimum absolute atomic E-state index is 0.0613. The average Bonchev–Trinajstić information content (AvgIpc) is 2.68. The Kier molecular flexibility index (Phi) is 5.53. The van der Waals surface area contributed by atoms with Gasteiger partial charge >= 0.3 is 0 Å². The van der Waals surface area contributed by atoms with Crippen molar-refractivity contribution in [3.8, 4) is 0 Å². The largest absolute Gasteiger partial charge is 0.315 e. The molecule has 0 saturated carbocycles. The van der Waals surface area contributed by atoms with Gasteiger partial charge < -0.3 is 4.90 Å². The lowest BCUT2D eigenvalue weighted by molar-refractivity contribution is -0.115. The molecule has 0 saturated heterocycles. The summed E-state index contributed by atoms with van der Waals surface area (Å²) in [6.45, 7) is 4.06. The van der Waals surface area contributed by atoms with E-state index in [4.69, 9.17) is 0 Å². The molecule has 3 aromatic rings. The molecule has 0 N–H and O–H groups in total. The van der Waals surface area contributed by atoms with Gasteiger partial charge in [-0.1, -0.05) is 48.2 Å². The summed E-state index contributed by atoms with van der Waals surface area (Å²) in [6, 6.07) is 16.7. The summed E-state index contributed by atoms with van der Waals surface area (Å²) in [5, 5.41) is 1.08. The van der Waals surface area contributed by atoms with Crippen LogP contribution in [0.25, 0.3) is 10.9 Å². The van der Waals surface area contributed by atoms with Crippen molar-refractivity contribution in [2.45, 2.75) is 11.7 Å². The minimum atomic E-state index is -0.123. The van der Waals surface area contributed by atoms with Crippen LogP contribution in [0.2, 0.25) is 0 Å². The van der Waals surface area contributed by atoms with Crippen LogP contribution in [0.15, 0.2) is 77.2 Å². The second-order valence-electron chi connectivity index (χ2n) is 5.69. The van der Waals surface area contributed by atoms with Crippen molar-refractivity contribution in [1.82, 2.24) is 9.55 Å². The summed E-state index contributed by atoms with van der Waals surface area (Å²) >= 11 is 1.26. The van der Waals surface area contributed by atoms with Crippen LogP contribution in [0, 0.1) is 0 Å². The number of anilines is 1. The van der Waals surface area contributed by atoms with Gasteiger partial charge in [0.1, 0.15) is 0 Å². The lowest BCUT2D eigenvalue weighted by atomic mass is 10.2. The quantitative estimate of drug-likeness (QED) is 0.382. The Labute approximate surface area is 156 Å². The third-order valence-corrected chi connectivity index (χ3v) is 4.94. The zero-order valence-corrected chi connectivity index (χ0v) is 15.3. The molecular weight excluding hydrogens is 346 g/mol. The van der Waals surface area contributed by atoms with Crippen LogP contribution >= 0.6 is 11.8 Å². The van der Waals surface area contributed by atoms with Crippen LogP contribution in [0.5, 0.6) is 0 Å². The van der Waals surface area contributed by atoms with E-state index in [0.717, 1.165) is 5.69 Å². The molecule has 1 amide bonds. The van der Waals surface area contributed by atoms with Crippen LogP contribution in [-0.4, -0.2) is 28.3 Å². The van der Waals surface area contributed by atoms with E-state index < -0.39 is 0 Å². The van der Waals surface area contributed by atoms with Crippen LogP contribution in [-0.2, 0) is 11.3 Å². The number of rotatable bonds is 6. The van der Waals surface area contributed by atoms with Gasteiger partial charge in [0.25, 0.3) is 5.56 Å². The molecule has 1 aromatic heterocycles. The Bertz CT molecular complexity index is 999. The smallest absolute Gasteiger partial charge is 0.262 e. The first-order valence-electron chi connectivity index (χ1n) is 8.16. The number of amides is 1. The van der Waals surface area contributed by atoms with Crippen molar-refractivity contribution in [3.63, 3.8) is 0 Å². The van der Waals surface area contributed by atoms with E-state index in [1.807, 2.05) is 42.5 Å². The van der Waals surface area contributed by atoms with Crippen LogP contribution in [0.3, 0.4) is 0 Å². The molecule has 1 heterocycles. The molecule has 0 spiro atoms. The summed E-state index contributed by atoms with van der Waals surface area (Å²) in [5.74, 6) is 0.126. The molecule has 6 heteroatoms. The molecule has 0 fully saturated rings. The first kappa shape index (κ1) is 17.9. The maximum Gasteiger partial charge on any atom is 0.262 e. The van der Waals surface area contributed by atoms with E-state index >= 15 is 0 Å². The molecule has 132 valence electrons. The number of hydrogen-bond acceptors (Lipinski definition) is 4. The SMILES string of the molecule is C=CCn1c(SCC(=O)N(C)c2ccccc2)nc2ccccc2c1=O. The second kappa shape index (κ2) is 8.01. The van der Waals surface area contributed by atoms with Gasteiger partial charge in [-0.25, -0.2) is 4.98 Å². The zero-order chi connectivity index (χ0) is 18.5. The average molecular weight is 365 g/mol. The van der Waals surface area contributed by atoms with Gasteiger partial charge in [0.2, 0.25) is 5.91 Å². The summed E-state index contributed by atoms with van der Waals surface area (Å²) in [7, 11) is 1.74. The number of hydrogen-bond donors (Lipinski definition) is 0. The fraction of sp³-hybridized carbons (Fsp3) is 0.150. The third-order valence-electron chi connectivity index (χ3n) is 3.98. The van der Waals surface area contributed by atoms with E-state index in [1.54, 1.807) is 34.7 Å². The molecule has 5 nitrogen and oxygen atoms in total. The Morgan fingerprint density at radius 2 is 1.88 bits per heavy atom. The molecule has 0 radical (unpaired) electrons. The highest BCUT2D eigenvalue weighted by Crippen LogP contribution is 2.20. The molecule has 2 aromatic carbocycles. The first-order valence-corrected chi connectivity index (χ1v) is 9.15. The topological polar surface area (TPSA) is 55.2 Å². The van der Waals surface area contributed by atoms with Gasteiger partial charge in [-0.05, 0) is 24.3 Å². The fourth-order valence-corrected chi connectivity index (χ4v) is 3.49. The van der Waals surface area contributed by atoms with Gasteiger partial charge in [0.15, 0.2) is 5.16 Å². The van der Waals surface area contributed by atoms with Gasteiger partial charge in [-0.3, -0.25) is 14.2 Å². The van der Waals surface area contributed by atoms with E-state index in [1.165, 1.54) is 11.8 Å². The number of carbonyl (C=O) groups excluding carboxylic acids is 1. The number of aromatic nitrogens is 2. The predicted octanol–water partition coefficient (Wildman–Crippen LogP) is 3.34. The number of fused-ring (bicyclic) bond motifs is 1. The van der Waals surface area contributed by atoms with E-state index in [0.29, 0.717) is 22.6 Å². The standard InChI is InChI=1S/C20H19N3O2S/c1-3-13-23-19(25)16-11-7-8-12-17(16)21-20(23)26-14-18(24)22(2)15-9-5-4-6-10-15/h3-12H,1,13-14H2,2H3. The van der Waals surface area contributed by atoms with Gasteiger partial charge in [0, 0.05) is 19.3 Å². The van der Waals surface area contributed by atoms with Crippen molar-refractivity contribution in [2.75, 3.05) is 17.7 Å². The molecule has 26 heavy (non-hydrogen) atoms. The monoisotopic (exact) mass is 365 g/mol. The van der Waals surface area contributed by atoms with E-state index in [-0.39, 0.29) is 17.2 Å². The summed E-state index contributed by atoms with van der Waals surface area (Å²) in [5.41, 5.74) is 1.33. The van der Waals surface area contributed by atoms with Crippen molar-refractivity contribution in [3.05, 3.63) is 77.6 Å². The van der Waals surface area contributed by atoms with Gasteiger partial charge in [0.05, 0.1) is 16.7 Å². The Morgan fingerprint density at radius 3 is 2.62 bits per heavy atom. The van der Waals surface area contributed by atoms with Gasteiger partial charge in [-0.2, -0.15) is 0 Å². The zero-order valence-electron chi connectivity index (χ0n) is 14.5. The van der Waals surface area contributed by atoms with Crippen LogP contribution in [0.1, 0.15) is 0 Å². The summed E-state index contributed by atoms with van der Waals surface area (Å²) in [6.07, 6.45) is 1.65. The molecule has 0 aliphatic carbocycles. The number of benzene rings is 2. The van der Waals surface area contributed by atoms with E-state index in [9.17, 15) is 9.59 Å². The van der Waals surface area contributed by atoms with Crippen molar-refractivity contribution < 1.29 is 4.79 Å². The number of thioether (sulfide) groups is 1. The highest BCUT2D eigenvalue weighted by Gasteiger charge is 2.15. The number of nitrogens with zero attached hydrogens (tertiary/aromatic N) is 3. The highest BCUT2D eigenvalue weighted by molar-refractivity contribution is 7.99. The van der Waals surface area contributed by atoms with Crippen molar-refractivity contribution in [1.29, 1.82) is 0 Å². The molecule has 0 aliphatic rings. The molecule has 0 bridgehead atoms. The lowest BCUT2D eigenvalue weighted by Crippen LogP contribution is -2.29. The molecular formula is C20H19N3O2S. The van der Waals surface area contributed by atoms with Crippen LogP contribution in [0.4, 0.5) is 5.69 Å². The summed E-state index contributed by atoms with van der Waals surface area (Å²) in [4.78, 5) is 31.4. The van der Waals surface area contributed by atoms with Crippen LogP contribution < -0.4 is 10.5 Å². The summed E-state index contributed by atoms with van der Waals surface area (Å²) < 4.78 is 1.55. The Balaban J connectivity index is 1.86. The van der Waals surface area contributed by atoms with Crippen molar-refractivity contribution in [2.24, 2.45) is 0 Å². The minimum Gasteiger partial charge on any atom is -0.315 e. The number of allylic oxidation sites excluding steroid dienone is 1. The molecule has 0 unspecified atom stereocenters. The molecule has 3 rings (SSSR count). The number of para-hydroxylation sites is 2. The maximum atomic E-state index is 12.7. The lowest BCUT2D eigenvalue weighted by Gasteiger charge is -2.17. The second-order valence-corrected chi connectivity index (χ2v) is 6.64. The Morgan fingerprint density at radius 1 is 1.19 bits per heavy atom. The maximum absolute atomic E-state index is 12.7. The van der Waals surface area contributed by atoms with Gasteiger partial charge in [-0.15, -0.1) is 6.58 Å². The van der Waals surface area contributed by atoms with Crippen molar-refractivity contribution >= 4 is 34.3 Å². The van der Waals surface area contributed by atoms with E-state index in [2.05, 4.69) is 11.6 Å². The first-order chi connectivity index (χ1) is 12.6. The highest BCUT2D eigenvalue weighted by atomic mass is 32.2. The normalized spacial score (nSPS) is 10.7. The molecule has 0 aliphatic heterocycles. The Hall–Kier alpha value is -2.86.